The van der Waals surface area contributed by atoms with E-state index in [4.69, 9.17) is 0 Å². The zero-order valence-corrected chi connectivity index (χ0v) is 9.06. The van der Waals surface area contributed by atoms with Gasteiger partial charge in [-0.15, -0.1) is 0 Å². The summed E-state index contributed by atoms with van der Waals surface area (Å²) in [5.74, 6) is -0.744. The Morgan fingerprint density at radius 1 is 1.27 bits per heavy atom. The van der Waals surface area contributed by atoms with Gasteiger partial charge in [-0.1, -0.05) is 19.9 Å². The molecule has 0 unspecified atom stereocenters. The molecule has 86 valence electrons. The molecule has 0 radical (unpaired) electrons. The highest BCUT2D eigenvalue weighted by Gasteiger charge is 2.07. The fourth-order valence-corrected chi connectivity index (χ4v) is 0.874. The van der Waals surface area contributed by atoms with Gasteiger partial charge >= 0.3 is 0 Å². The summed E-state index contributed by atoms with van der Waals surface area (Å²) in [7, 11) is 0. The van der Waals surface area contributed by atoms with E-state index in [1.165, 1.54) is 12.1 Å². The molecule has 0 bridgehead atoms. The Morgan fingerprint density at radius 2 is 1.87 bits per heavy atom. The molecule has 0 aliphatic heterocycles. The van der Waals surface area contributed by atoms with E-state index in [0.717, 1.165) is 5.56 Å². The molecule has 0 N–H and O–H groups in total. The van der Waals surface area contributed by atoms with Crippen molar-refractivity contribution in [1.29, 1.82) is 0 Å². The van der Waals surface area contributed by atoms with Gasteiger partial charge in [-0.2, -0.15) is 0 Å². The molecule has 0 spiro atoms. The zero-order chi connectivity index (χ0) is 11.8. The van der Waals surface area contributed by atoms with Gasteiger partial charge in [-0.3, -0.25) is 0 Å². The molecule has 0 saturated heterocycles. The minimum absolute atomic E-state index is 0.125. The largest absolute Gasteiger partial charge is 0.485 e. The molecule has 0 aromatic heterocycles. The second kappa shape index (κ2) is 7.15. The van der Waals surface area contributed by atoms with Gasteiger partial charge in [0.1, 0.15) is 6.61 Å². The van der Waals surface area contributed by atoms with Crippen LogP contribution >= 0.6 is 0 Å². The first-order valence-electron chi connectivity index (χ1n) is 4.76. The molecule has 0 fully saturated rings. The van der Waals surface area contributed by atoms with Gasteiger partial charge in [0, 0.05) is 0 Å². The predicted octanol–water partition coefficient (Wildman–Crippen LogP) is 3.80. The smallest absolute Gasteiger partial charge is 0.272 e. The van der Waals surface area contributed by atoms with Gasteiger partial charge in [-0.25, -0.2) is 13.2 Å². The van der Waals surface area contributed by atoms with Gasteiger partial charge in [0.25, 0.3) is 6.43 Å². The molecule has 1 rings (SSSR count). The highest BCUT2D eigenvalue weighted by Crippen LogP contribution is 2.18. The Morgan fingerprint density at radius 3 is 2.40 bits per heavy atom. The normalized spacial score (nSPS) is 9.53. The molecule has 0 atom stereocenters. The van der Waals surface area contributed by atoms with E-state index < -0.39 is 18.8 Å². The Balaban J connectivity index is 0.000000921. The Bertz CT molecular complexity index is 287. The maximum atomic E-state index is 12.9. The van der Waals surface area contributed by atoms with E-state index in [0.29, 0.717) is 0 Å². The van der Waals surface area contributed by atoms with Crippen LogP contribution in [0.25, 0.3) is 0 Å². The van der Waals surface area contributed by atoms with Crippen molar-refractivity contribution in [3.05, 3.63) is 29.6 Å². The van der Waals surface area contributed by atoms with Crippen LogP contribution < -0.4 is 4.74 Å². The Kier molecular flexibility index (Phi) is 6.58. The first-order valence-corrected chi connectivity index (χ1v) is 4.76. The second-order valence-corrected chi connectivity index (χ2v) is 2.64. The maximum absolute atomic E-state index is 12.9. The lowest BCUT2D eigenvalue weighted by Crippen LogP contribution is -2.08. The quantitative estimate of drug-likeness (QED) is 0.752. The van der Waals surface area contributed by atoms with E-state index in [1.54, 1.807) is 13.0 Å². The number of aryl methyl sites for hydroxylation is 1. The third-order valence-corrected chi connectivity index (χ3v) is 1.45. The third-order valence-electron chi connectivity index (χ3n) is 1.45. The van der Waals surface area contributed by atoms with Gasteiger partial charge in [-0.05, 0) is 24.6 Å². The number of halogens is 3. The van der Waals surface area contributed by atoms with Crippen LogP contribution in [0.4, 0.5) is 13.2 Å². The van der Waals surface area contributed by atoms with Crippen LogP contribution in [0.3, 0.4) is 0 Å². The summed E-state index contributed by atoms with van der Waals surface area (Å²) in [4.78, 5) is 0. The number of hydrogen-bond acceptors (Lipinski definition) is 1. The van der Waals surface area contributed by atoms with E-state index in [-0.39, 0.29) is 5.75 Å². The molecule has 1 nitrogen and oxygen atoms in total. The van der Waals surface area contributed by atoms with E-state index >= 15 is 0 Å². The summed E-state index contributed by atoms with van der Waals surface area (Å²) in [5.41, 5.74) is 0.769. The average molecular weight is 220 g/mol. The minimum Gasteiger partial charge on any atom is -0.485 e. The van der Waals surface area contributed by atoms with Crippen LogP contribution in [0, 0.1) is 12.7 Å². The van der Waals surface area contributed by atoms with Crippen molar-refractivity contribution in [1.82, 2.24) is 0 Å². The van der Waals surface area contributed by atoms with E-state index in [1.807, 2.05) is 13.8 Å². The van der Waals surface area contributed by atoms with Crippen LogP contribution in [0.1, 0.15) is 19.4 Å². The number of rotatable bonds is 3. The summed E-state index contributed by atoms with van der Waals surface area (Å²) in [5, 5.41) is 0. The fourth-order valence-electron chi connectivity index (χ4n) is 0.874. The molecule has 1 aromatic carbocycles. The minimum atomic E-state index is -2.58. The average Bonchev–Trinajstić information content (AvgIpc) is 2.22. The molecule has 0 aliphatic rings. The third kappa shape index (κ3) is 5.30. The summed E-state index contributed by atoms with van der Waals surface area (Å²) < 4.78 is 40.8. The van der Waals surface area contributed by atoms with Crippen LogP contribution in [0.15, 0.2) is 18.2 Å². The van der Waals surface area contributed by atoms with E-state index in [9.17, 15) is 13.2 Å². The lowest BCUT2D eigenvalue weighted by atomic mass is 10.2. The number of benzene rings is 1. The summed E-state index contributed by atoms with van der Waals surface area (Å²) in [6.45, 7) is 4.95. The number of alkyl halides is 2. The topological polar surface area (TPSA) is 9.23 Å². The Labute approximate surface area is 87.9 Å². The summed E-state index contributed by atoms with van der Waals surface area (Å²) >= 11 is 0. The van der Waals surface area contributed by atoms with Gasteiger partial charge in [0.15, 0.2) is 11.6 Å². The Hall–Kier alpha value is -1.19. The highest BCUT2D eigenvalue weighted by atomic mass is 19.3. The van der Waals surface area contributed by atoms with Crippen molar-refractivity contribution in [3.63, 3.8) is 0 Å². The number of ether oxygens (including phenoxy) is 1. The molecule has 0 heterocycles. The van der Waals surface area contributed by atoms with Crippen LogP contribution in [-0.4, -0.2) is 13.0 Å². The van der Waals surface area contributed by atoms with Crippen molar-refractivity contribution in [2.75, 3.05) is 6.61 Å². The van der Waals surface area contributed by atoms with Crippen molar-refractivity contribution < 1.29 is 17.9 Å². The van der Waals surface area contributed by atoms with Crippen LogP contribution in [-0.2, 0) is 0 Å². The second-order valence-electron chi connectivity index (χ2n) is 2.64. The molecule has 0 aliphatic carbocycles. The molecular weight excluding hydrogens is 205 g/mol. The summed E-state index contributed by atoms with van der Waals surface area (Å²) in [6.07, 6.45) is -2.58. The molecule has 0 saturated carbocycles. The molecule has 15 heavy (non-hydrogen) atoms. The fraction of sp³-hybridized carbons (Fsp3) is 0.455. The SMILES string of the molecule is CC.Cc1ccc(F)c(OCC(F)F)c1. The van der Waals surface area contributed by atoms with Gasteiger partial charge < -0.3 is 4.74 Å². The van der Waals surface area contributed by atoms with Crippen molar-refractivity contribution >= 4 is 0 Å². The van der Waals surface area contributed by atoms with Crippen molar-refractivity contribution in [2.24, 2.45) is 0 Å². The molecule has 4 heteroatoms. The maximum Gasteiger partial charge on any atom is 0.272 e. The highest BCUT2D eigenvalue weighted by molar-refractivity contribution is 5.29. The van der Waals surface area contributed by atoms with Gasteiger partial charge in [0.2, 0.25) is 0 Å². The number of hydrogen-bond donors (Lipinski definition) is 0. The van der Waals surface area contributed by atoms with Crippen LogP contribution in [0.5, 0.6) is 5.75 Å². The zero-order valence-electron chi connectivity index (χ0n) is 9.06. The predicted molar refractivity (Wildman–Crippen MR) is 54.0 cm³/mol. The lowest BCUT2D eigenvalue weighted by molar-refractivity contribution is 0.0799. The summed E-state index contributed by atoms with van der Waals surface area (Å²) in [6, 6.07) is 4.12. The standard InChI is InChI=1S/C9H9F3O.C2H6/c1-6-2-3-7(10)8(4-6)13-5-9(11)12;1-2/h2-4,9H,5H2,1H3;1-2H3. The van der Waals surface area contributed by atoms with Crippen LogP contribution in [0.2, 0.25) is 0 Å². The van der Waals surface area contributed by atoms with Gasteiger partial charge in [0.05, 0.1) is 0 Å². The molecule has 0 amide bonds. The monoisotopic (exact) mass is 220 g/mol. The lowest BCUT2D eigenvalue weighted by Gasteiger charge is -2.06. The first kappa shape index (κ1) is 13.8. The van der Waals surface area contributed by atoms with E-state index in [2.05, 4.69) is 4.74 Å². The molecule has 1 aromatic rings. The first-order chi connectivity index (χ1) is 7.09. The van der Waals surface area contributed by atoms with Crippen molar-refractivity contribution in [3.8, 4) is 5.75 Å². The van der Waals surface area contributed by atoms with Crippen molar-refractivity contribution in [2.45, 2.75) is 27.2 Å². The molecular formula is C11H15F3O.